The summed E-state index contributed by atoms with van der Waals surface area (Å²) in [7, 11) is 0. The van der Waals surface area contributed by atoms with Gasteiger partial charge in [0.25, 0.3) is 0 Å². The lowest BCUT2D eigenvalue weighted by Gasteiger charge is -2.04. The normalized spacial score (nSPS) is 11.0. The van der Waals surface area contributed by atoms with E-state index in [2.05, 4.69) is 28.8 Å². The number of hydrogen-bond acceptors (Lipinski definition) is 3. The second-order valence-electron chi connectivity index (χ2n) is 3.32. The van der Waals surface area contributed by atoms with Crippen LogP contribution in [-0.4, -0.2) is 15.0 Å². The van der Waals surface area contributed by atoms with Crippen molar-refractivity contribution in [3.8, 4) is 0 Å². The van der Waals surface area contributed by atoms with Crippen molar-refractivity contribution in [1.82, 2.24) is 15.0 Å². The molecule has 2 aromatic heterocycles. The molecule has 3 heteroatoms. The molecule has 66 valence electrons. The highest BCUT2D eigenvalue weighted by Gasteiger charge is 2.02. The lowest BCUT2D eigenvalue weighted by atomic mass is 10.1. The van der Waals surface area contributed by atoms with Crippen molar-refractivity contribution in [2.75, 3.05) is 0 Å². The summed E-state index contributed by atoms with van der Waals surface area (Å²) in [5, 5.41) is 0. The molecule has 0 N–H and O–H groups in total. The Hall–Kier alpha value is -1.51. The van der Waals surface area contributed by atoms with Crippen LogP contribution in [0.1, 0.15) is 25.5 Å². The Kier molecular flexibility index (Phi) is 1.93. The van der Waals surface area contributed by atoms with Gasteiger partial charge in [-0.15, -0.1) is 0 Å². The third-order valence-electron chi connectivity index (χ3n) is 1.98. The Balaban J connectivity index is 2.62. The van der Waals surface area contributed by atoms with E-state index in [4.69, 9.17) is 0 Å². The maximum atomic E-state index is 4.45. The second-order valence-corrected chi connectivity index (χ2v) is 3.32. The van der Waals surface area contributed by atoms with Crippen LogP contribution in [0.25, 0.3) is 11.0 Å². The first-order valence-electron chi connectivity index (χ1n) is 4.34. The molecule has 0 saturated carbocycles. The summed E-state index contributed by atoms with van der Waals surface area (Å²) >= 11 is 0. The van der Waals surface area contributed by atoms with E-state index < -0.39 is 0 Å². The maximum absolute atomic E-state index is 4.45. The molecule has 0 saturated heterocycles. The van der Waals surface area contributed by atoms with Crippen molar-refractivity contribution in [1.29, 1.82) is 0 Å². The Bertz CT molecular complexity index is 423. The van der Waals surface area contributed by atoms with Crippen LogP contribution in [-0.2, 0) is 0 Å². The summed E-state index contributed by atoms with van der Waals surface area (Å²) in [6.45, 7) is 4.25. The number of nitrogens with zero attached hydrogens (tertiary/aromatic N) is 3. The standard InChI is InChI=1S/C10H11N3/c1-7(2)8-3-4-9-10(13-8)5-11-6-12-9/h3-7H,1-2H3. The van der Waals surface area contributed by atoms with Crippen LogP contribution in [0.2, 0.25) is 0 Å². The first kappa shape index (κ1) is 8.10. The van der Waals surface area contributed by atoms with E-state index in [0.717, 1.165) is 16.7 Å². The predicted octanol–water partition coefficient (Wildman–Crippen LogP) is 2.15. The number of aromatic nitrogens is 3. The summed E-state index contributed by atoms with van der Waals surface area (Å²) < 4.78 is 0. The van der Waals surface area contributed by atoms with Crippen LogP contribution in [0, 0.1) is 0 Å². The monoisotopic (exact) mass is 173 g/mol. The summed E-state index contributed by atoms with van der Waals surface area (Å²) in [6, 6.07) is 4.00. The lowest BCUT2D eigenvalue weighted by Crippen LogP contribution is -1.93. The molecule has 0 unspecified atom stereocenters. The Morgan fingerprint density at radius 3 is 2.77 bits per heavy atom. The van der Waals surface area contributed by atoms with Gasteiger partial charge >= 0.3 is 0 Å². The molecule has 0 atom stereocenters. The van der Waals surface area contributed by atoms with Crippen molar-refractivity contribution in [2.45, 2.75) is 19.8 Å². The zero-order chi connectivity index (χ0) is 9.26. The van der Waals surface area contributed by atoms with Crippen LogP contribution < -0.4 is 0 Å². The molecule has 2 aromatic rings. The van der Waals surface area contributed by atoms with Gasteiger partial charge in [-0.1, -0.05) is 13.8 Å². The van der Waals surface area contributed by atoms with E-state index >= 15 is 0 Å². The average Bonchev–Trinajstić information content (AvgIpc) is 2.17. The topological polar surface area (TPSA) is 38.7 Å². The SMILES string of the molecule is CC(C)c1ccc2ncncc2n1. The fraction of sp³-hybridized carbons (Fsp3) is 0.300. The Labute approximate surface area is 76.9 Å². The fourth-order valence-corrected chi connectivity index (χ4v) is 1.21. The van der Waals surface area contributed by atoms with Gasteiger partial charge in [-0.05, 0) is 18.1 Å². The van der Waals surface area contributed by atoms with Crippen LogP contribution in [0.4, 0.5) is 0 Å². The van der Waals surface area contributed by atoms with E-state index in [1.165, 1.54) is 0 Å². The number of fused-ring (bicyclic) bond motifs is 1. The summed E-state index contributed by atoms with van der Waals surface area (Å²) in [5.41, 5.74) is 2.86. The van der Waals surface area contributed by atoms with E-state index in [1.54, 1.807) is 12.5 Å². The minimum absolute atomic E-state index is 0.449. The minimum Gasteiger partial charge on any atom is -0.249 e. The maximum Gasteiger partial charge on any atom is 0.116 e. The number of hydrogen-bond donors (Lipinski definition) is 0. The van der Waals surface area contributed by atoms with Crippen LogP contribution in [0.3, 0.4) is 0 Å². The molecule has 0 spiro atoms. The van der Waals surface area contributed by atoms with Crippen molar-refractivity contribution in [3.63, 3.8) is 0 Å². The quantitative estimate of drug-likeness (QED) is 0.663. The van der Waals surface area contributed by atoms with Gasteiger partial charge in [0.1, 0.15) is 11.8 Å². The molecular formula is C10H11N3. The molecular weight excluding hydrogens is 162 g/mol. The van der Waals surface area contributed by atoms with Crippen molar-refractivity contribution >= 4 is 11.0 Å². The van der Waals surface area contributed by atoms with E-state index in [1.807, 2.05) is 12.1 Å². The molecule has 0 bridgehead atoms. The highest BCUT2D eigenvalue weighted by atomic mass is 14.9. The largest absolute Gasteiger partial charge is 0.249 e. The van der Waals surface area contributed by atoms with Crippen LogP contribution in [0.5, 0.6) is 0 Å². The highest BCUT2D eigenvalue weighted by molar-refractivity contribution is 5.72. The molecule has 0 aromatic carbocycles. The molecule has 0 aliphatic carbocycles. The van der Waals surface area contributed by atoms with Gasteiger partial charge < -0.3 is 0 Å². The molecule has 2 rings (SSSR count). The van der Waals surface area contributed by atoms with Crippen LogP contribution >= 0.6 is 0 Å². The fourth-order valence-electron chi connectivity index (χ4n) is 1.21. The van der Waals surface area contributed by atoms with Gasteiger partial charge in [-0.25, -0.2) is 15.0 Å². The van der Waals surface area contributed by atoms with Gasteiger partial charge in [0.2, 0.25) is 0 Å². The second kappa shape index (κ2) is 3.09. The molecule has 2 heterocycles. The molecule has 13 heavy (non-hydrogen) atoms. The molecule has 0 fully saturated rings. The average molecular weight is 173 g/mol. The van der Waals surface area contributed by atoms with E-state index in [-0.39, 0.29) is 0 Å². The number of rotatable bonds is 1. The minimum atomic E-state index is 0.449. The smallest absolute Gasteiger partial charge is 0.116 e. The highest BCUT2D eigenvalue weighted by Crippen LogP contribution is 2.14. The Morgan fingerprint density at radius 2 is 2.00 bits per heavy atom. The zero-order valence-corrected chi connectivity index (χ0v) is 7.73. The molecule has 0 amide bonds. The van der Waals surface area contributed by atoms with Gasteiger partial charge in [0.05, 0.1) is 11.7 Å². The van der Waals surface area contributed by atoms with E-state index in [9.17, 15) is 0 Å². The third-order valence-corrected chi connectivity index (χ3v) is 1.98. The van der Waals surface area contributed by atoms with Gasteiger partial charge in [0, 0.05) is 5.69 Å². The first-order valence-corrected chi connectivity index (χ1v) is 4.34. The van der Waals surface area contributed by atoms with E-state index in [0.29, 0.717) is 5.92 Å². The molecule has 3 nitrogen and oxygen atoms in total. The lowest BCUT2D eigenvalue weighted by molar-refractivity contribution is 0.829. The summed E-state index contributed by atoms with van der Waals surface area (Å²) in [6.07, 6.45) is 3.28. The van der Waals surface area contributed by atoms with Gasteiger partial charge in [-0.2, -0.15) is 0 Å². The molecule has 0 aliphatic heterocycles. The van der Waals surface area contributed by atoms with Gasteiger partial charge in [0.15, 0.2) is 0 Å². The van der Waals surface area contributed by atoms with Gasteiger partial charge in [-0.3, -0.25) is 0 Å². The summed E-state index contributed by atoms with van der Waals surface area (Å²) in [5.74, 6) is 0.449. The number of pyridine rings is 1. The van der Waals surface area contributed by atoms with Crippen molar-refractivity contribution < 1.29 is 0 Å². The summed E-state index contributed by atoms with van der Waals surface area (Å²) in [4.78, 5) is 12.5. The van der Waals surface area contributed by atoms with Crippen molar-refractivity contribution in [2.24, 2.45) is 0 Å². The van der Waals surface area contributed by atoms with Crippen LogP contribution in [0.15, 0.2) is 24.7 Å². The molecule has 0 radical (unpaired) electrons. The Morgan fingerprint density at radius 1 is 1.15 bits per heavy atom. The van der Waals surface area contributed by atoms with Crippen molar-refractivity contribution in [3.05, 3.63) is 30.4 Å². The zero-order valence-electron chi connectivity index (χ0n) is 7.73. The third kappa shape index (κ3) is 1.49. The molecule has 0 aliphatic rings. The first-order chi connectivity index (χ1) is 6.27. The predicted molar refractivity (Wildman–Crippen MR) is 51.4 cm³/mol.